The molecule has 44 heavy (non-hydrogen) atoms. The maximum atomic E-state index is 14.4. The summed E-state index contributed by atoms with van der Waals surface area (Å²) in [6, 6.07) is 8.25. The number of amides is 3. The largest absolute Gasteiger partial charge is 0.455 e. The number of aliphatic hydroxyl groups excluding tert-OH is 1. The number of unbranched alkanes of at least 4 members (excludes halogenated alkanes) is 1. The number of carbonyl (C=O) groups is 4. The molecule has 3 fully saturated rings. The van der Waals surface area contributed by atoms with Crippen molar-refractivity contribution in [2.75, 3.05) is 26.2 Å². The number of esters is 1. The Morgan fingerprint density at radius 1 is 1.20 bits per heavy atom. The Hall–Kier alpha value is -3.50. The van der Waals surface area contributed by atoms with Gasteiger partial charge in [0, 0.05) is 31.7 Å². The van der Waals surface area contributed by atoms with Crippen LogP contribution in [0.3, 0.4) is 0 Å². The fourth-order valence-corrected chi connectivity index (χ4v) is 6.95. The minimum absolute atomic E-state index is 0.0294. The number of rotatable bonds is 15. The zero-order chi connectivity index (χ0) is 32.1. The highest BCUT2D eigenvalue weighted by atomic mass is 16.6. The average Bonchev–Trinajstić information content (AvgIpc) is 3.64. The molecule has 0 aliphatic carbocycles. The molecule has 10 heteroatoms. The summed E-state index contributed by atoms with van der Waals surface area (Å²) in [4.78, 5) is 58.2. The molecular formula is C34H47N3O7. The molecule has 1 aromatic carbocycles. The third-order valence-corrected chi connectivity index (χ3v) is 8.99. The second-order valence-electron chi connectivity index (χ2n) is 12.9. The van der Waals surface area contributed by atoms with Crippen LogP contribution < -0.4 is 5.32 Å². The quantitative estimate of drug-likeness (QED) is 0.178. The molecule has 0 radical (unpaired) electrons. The number of likely N-dealkylation sites (tertiary alicyclic amines) is 1. The first kappa shape index (κ1) is 33.4. The van der Waals surface area contributed by atoms with Crippen molar-refractivity contribution >= 4 is 23.7 Å². The number of hydrogen-bond acceptors (Lipinski definition) is 7. The molecule has 10 nitrogen and oxygen atoms in total. The molecule has 240 valence electrons. The highest BCUT2D eigenvalue weighted by Crippen LogP contribution is 2.59. The lowest BCUT2D eigenvalue weighted by Gasteiger charge is -2.42. The van der Waals surface area contributed by atoms with E-state index >= 15 is 0 Å². The molecule has 0 unspecified atom stereocenters. The van der Waals surface area contributed by atoms with Crippen LogP contribution >= 0.6 is 0 Å². The summed E-state index contributed by atoms with van der Waals surface area (Å²) in [5, 5.41) is 12.3. The fourth-order valence-electron chi connectivity index (χ4n) is 6.95. The summed E-state index contributed by atoms with van der Waals surface area (Å²) in [5.41, 5.74) is -0.994. The molecule has 3 heterocycles. The molecule has 4 rings (SSSR count). The van der Waals surface area contributed by atoms with Crippen LogP contribution in [-0.4, -0.2) is 88.1 Å². The zero-order valence-corrected chi connectivity index (χ0v) is 26.2. The fraction of sp³-hybridized carbons (Fsp3) is 0.588. The van der Waals surface area contributed by atoms with Gasteiger partial charge in [0.05, 0.1) is 24.5 Å². The first-order valence-corrected chi connectivity index (χ1v) is 15.6. The predicted octanol–water partition coefficient (Wildman–Crippen LogP) is 3.31. The van der Waals surface area contributed by atoms with Crippen LogP contribution in [0, 0.1) is 11.8 Å². The van der Waals surface area contributed by atoms with E-state index in [0.717, 1.165) is 0 Å². The van der Waals surface area contributed by atoms with Crippen LogP contribution in [0.2, 0.25) is 0 Å². The molecule has 0 saturated carbocycles. The minimum Gasteiger partial charge on any atom is -0.455 e. The number of benzene rings is 1. The molecule has 0 aromatic heterocycles. The molecule has 2 bridgehead atoms. The van der Waals surface area contributed by atoms with Crippen molar-refractivity contribution in [1.82, 2.24) is 15.1 Å². The van der Waals surface area contributed by atoms with Crippen molar-refractivity contribution in [3.63, 3.8) is 0 Å². The van der Waals surface area contributed by atoms with Gasteiger partial charge in [-0.25, -0.2) is 0 Å². The monoisotopic (exact) mass is 609 g/mol. The zero-order valence-electron chi connectivity index (χ0n) is 26.2. The number of hydrogen-bond donors (Lipinski definition) is 2. The van der Waals surface area contributed by atoms with Gasteiger partial charge >= 0.3 is 5.97 Å². The van der Waals surface area contributed by atoms with E-state index in [-0.39, 0.29) is 43.8 Å². The van der Waals surface area contributed by atoms with Gasteiger partial charge in [0.1, 0.15) is 17.7 Å². The Bertz CT molecular complexity index is 1230. The van der Waals surface area contributed by atoms with E-state index in [0.29, 0.717) is 44.2 Å². The smallest absolute Gasteiger partial charge is 0.313 e. The SMILES string of the molecule is C=CCCC(=O)NC[C@@H](OC(=O)[C@@H]1[C@H]2C(=O)N(CCCCO)[C@H](C(=O)N(CC=C)C(C)(C)C)[C@]23CC[C@H]1O3)c1ccccc1. The number of fused-ring (bicyclic) bond motifs is 1. The molecule has 3 aliphatic heterocycles. The highest BCUT2D eigenvalue weighted by molar-refractivity contribution is 5.98. The topological polar surface area (TPSA) is 125 Å². The third-order valence-electron chi connectivity index (χ3n) is 8.99. The van der Waals surface area contributed by atoms with Gasteiger partial charge in [-0.15, -0.1) is 13.2 Å². The van der Waals surface area contributed by atoms with E-state index < -0.39 is 47.2 Å². The van der Waals surface area contributed by atoms with Gasteiger partial charge < -0.3 is 29.7 Å². The molecule has 2 N–H and O–H groups in total. The van der Waals surface area contributed by atoms with Crippen molar-refractivity contribution in [3.8, 4) is 0 Å². The minimum atomic E-state index is -1.16. The van der Waals surface area contributed by atoms with Crippen molar-refractivity contribution < 1.29 is 33.8 Å². The Morgan fingerprint density at radius 3 is 2.57 bits per heavy atom. The Balaban J connectivity index is 1.64. The summed E-state index contributed by atoms with van der Waals surface area (Å²) in [5.74, 6) is -3.06. The van der Waals surface area contributed by atoms with E-state index in [4.69, 9.17) is 9.47 Å². The van der Waals surface area contributed by atoms with Crippen LogP contribution in [0.1, 0.15) is 71.0 Å². The van der Waals surface area contributed by atoms with Crippen LogP contribution in [0.4, 0.5) is 0 Å². The van der Waals surface area contributed by atoms with Gasteiger partial charge in [-0.05, 0) is 58.4 Å². The number of nitrogens with zero attached hydrogens (tertiary/aromatic N) is 2. The van der Waals surface area contributed by atoms with Crippen molar-refractivity contribution in [1.29, 1.82) is 0 Å². The summed E-state index contributed by atoms with van der Waals surface area (Å²) in [6.45, 7) is 13.9. The van der Waals surface area contributed by atoms with E-state index in [1.165, 1.54) is 0 Å². The summed E-state index contributed by atoms with van der Waals surface area (Å²) in [6.07, 6.45) is 4.77. The first-order chi connectivity index (χ1) is 21.0. The Morgan fingerprint density at radius 2 is 1.93 bits per heavy atom. The van der Waals surface area contributed by atoms with E-state index in [1.54, 1.807) is 22.0 Å². The van der Waals surface area contributed by atoms with Crippen LogP contribution in [0.25, 0.3) is 0 Å². The van der Waals surface area contributed by atoms with Crippen LogP contribution in [0.5, 0.6) is 0 Å². The molecule has 3 saturated heterocycles. The van der Waals surface area contributed by atoms with E-state index in [1.807, 2.05) is 51.1 Å². The molecule has 1 aromatic rings. The van der Waals surface area contributed by atoms with Crippen molar-refractivity contribution in [3.05, 3.63) is 61.2 Å². The molecule has 6 atom stereocenters. The normalized spacial score (nSPS) is 26.2. The van der Waals surface area contributed by atoms with Crippen molar-refractivity contribution in [2.24, 2.45) is 11.8 Å². The number of aliphatic hydroxyl groups is 1. The van der Waals surface area contributed by atoms with Crippen LogP contribution in [-0.2, 0) is 28.7 Å². The standard InChI is InChI=1S/C34H47N3O7/c1-6-8-16-26(39)35-22-25(23-14-10-9-11-15-23)43-32(42)27-24-17-18-34(44-24)28(27)30(40)36(20-12-13-21-38)29(34)31(41)37(19-7-2)33(3,4)5/h6-7,9-11,14-15,24-25,27-29,38H,1-2,8,12-13,16-22H2,3-5H3,(H,35,39)/t24-,25-,27+,28+,29-,34+/m1/s1. The first-order valence-electron chi connectivity index (χ1n) is 15.6. The molecule has 3 amide bonds. The highest BCUT2D eigenvalue weighted by Gasteiger charge is 2.75. The van der Waals surface area contributed by atoms with Gasteiger partial charge in [0.2, 0.25) is 17.7 Å². The summed E-state index contributed by atoms with van der Waals surface area (Å²) >= 11 is 0. The van der Waals surface area contributed by atoms with Crippen LogP contribution in [0.15, 0.2) is 55.6 Å². The Kier molecular flexibility index (Phi) is 10.7. The van der Waals surface area contributed by atoms with Gasteiger partial charge in [0.15, 0.2) is 0 Å². The van der Waals surface area contributed by atoms with Gasteiger partial charge in [0.25, 0.3) is 0 Å². The van der Waals surface area contributed by atoms with Gasteiger partial charge in [-0.3, -0.25) is 19.2 Å². The number of ether oxygens (including phenoxy) is 2. The number of allylic oxidation sites excluding steroid dienone is 1. The van der Waals surface area contributed by atoms with E-state index in [9.17, 15) is 24.3 Å². The average molecular weight is 610 g/mol. The maximum Gasteiger partial charge on any atom is 0.313 e. The number of carbonyl (C=O) groups excluding carboxylic acids is 4. The second kappa shape index (κ2) is 14.1. The predicted molar refractivity (Wildman–Crippen MR) is 165 cm³/mol. The lowest BCUT2D eigenvalue weighted by molar-refractivity contribution is -0.160. The molecule has 3 aliphatic rings. The third kappa shape index (κ3) is 6.61. The van der Waals surface area contributed by atoms with Gasteiger partial charge in [-0.2, -0.15) is 0 Å². The second-order valence-corrected chi connectivity index (χ2v) is 12.9. The molecule has 1 spiro atoms. The lowest BCUT2D eigenvalue weighted by atomic mass is 9.70. The summed E-state index contributed by atoms with van der Waals surface area (Å²) in [7, 11) is 0. The molecular weight excluding hydrogens is 562 g/mol. The van der Waals surface area contributed by atoms with E-state index in [2.05, 4.69) is 18.5 Å². The lowest BCUT2D eigenvalue weighted by Crippen LogP contribution is -2.59. The van der Waals surface area contributed by atoms with Gasteiger partial charge in [-0.1, -0.05) is 42.5 Å². The van der Waals surface area contributed by atoms with Crippen molar-refractivity contribution in [2.45, 2.75) is 88.7 Å². The summed E-state index contributed by atoms with van der Waals surface area (Å²) < 4.78 is 12.6. The maximum absolute atomic E-state index is 14.4. The number of nitrogens with one attached hydrogen (secondary N) is 1. The Labute approximate surface area is 260 Å².